The van der Waals surface area contributed by atoms with E-state index in [0.29, 0.717) is 10.7 Å². The number of anilines is 1. The second-order valence-corrected chi connectivity index (χ2v) is 4.03. The molecule has 0 saturated heterocycles. The number of rotatable bonds is 3. The molecule has 92 valence electrons. The highest BCUT2D eigenvalue weighted by molar-refractivity contribution is 6.31. The van der Waals surface area contributed by atoms with E-state index in [9.17, 15) is 14.7 Å². The van der Waals surface area contributed by atoms with E-state index in [2.05, 4.69) is 10.6 Å². The van der Waals surface area contributed by atoms with Crippen molar-refractivity contribution in [3.8, 4) is 0 Å². The number of hydrogen-bond donors (Lipinski definition) is 2. The van der Waals surface area contributed by atoms with Crippen LogP contribution in [0.25, 0.3) is 0 Å². The van der Waals surface area contributed by atoms with Crippen LogP contribution in [0.3, 0.4) is 0 Å². The zero-order valence-electron chi connectivity index (χ0n) is 9.41. The maximum absolute atomic E-state index is 11.4. The maximum atomic E-state index is 11.4. The van der Waals surface area contributed by atoms with Crippen LogP contribution in [0.15, 0.2) is 18.2 Å². The predicted octanol–water partition coefficient (Wildman–Crippen LogP) is 0.908. The SMILES string of the molecule is Cc1ccc(Cl)cc1NC(=O)N[C@H](C)C(=O)[O-]. The Morgan fingerprint density at radius 2 is 2.06 bits per heavy atom. The molecule has 17 heavy (non-hydrogen) atoms. The Morgan fingerprint density at radius 3 is 2.65 bits per heavy atom. The third-order valence-electron chi connectivity index (χ3n) is 2.15. The molecule has 0 aliphatic heterocycles. The molecule has 0 aliphatic rings. The number of urea groups is 1. The number of halogens is 1. The van der Waals surface area contributed by atoms with Crippen LogP contribution in [0, 0.1) is 6.92 Å². The van der Waals surface area contributed by atoms with E-state index >= 15 is 0 Å². The van der Waals surface area contributed by atoms with Crippen LogP contribution in [0.1, 0.15) is 12.5 Å². The summed E-state index contributed by atoms with van der Waals surface area (Å²) in [6.07, 6.45) is 0. The van der Waals surface area contributed by atoms with Crippen molar-refractivity contribution in [2.75, 3.05) is 5.32 Å². The van der Waals surface area contributed by atoms with Crippen LogP contribution in [0.5, 0.6) is 0 Å². The Morgan fingerprint density at radius 1 is 1.41 bits per heavy atom. The van der Waals surface area contributed by atoms with Crippen molar-refractivity contribution in [3.05, 3.63) is 28.8 Å². The highest BCUT2D eigenvalue weighted by atomic mass is 35.5. The standard InChI is InChI=1S/C11H13ClN2O3/c1-6-3-4-8(12)5-9(6)14-11(17)13-7(2)10(15)16/h3-5,7H,1-2H3,(H,15,16)(H2,13,14,17)/p-1/t7-/m1/s1. The van der Waals surface area contributed by atoms with Crippen molar-refractivity contribution in [2.45, 2.75) is 19.9 Å². The fourth-order valence-corrected chi connectivity index (χ4v) is 1.31. The molecule has 0 unspecified atom stereocenters. The van der Waals surface area contributed by atoms with Gasteiger partial charge in [0.25, 0.3) is 0 Å². The minimum atomic E-state index is -1.34. The molecule has 6 heteroatoms. The van der Waals surface area contributed by atoms with Gasteiger partial charge in [0.2, 0.25) is 0 Å². The van der Waals surface area contributed by atoms with Crippen LogP contribution in [-0.4, -0.2) is 18.0 Å². The summed E-state index contributed by atoms with van der Waals surface area (Å²) in [4.78, 5) is 21.9. The third-order valence-corrected chi connectivity index (χ3v) is 2.38. The number of nitrogens with one attached hydrogen (secondary N) is 2. The summed E-state index contributed by atoms with van der Waals surface area (Å²) in [5, 5.41) is 15.6. The molecule has 2 N–H and O–H groups in total. The molecule has 0 saturated carbocycles. The molecule has 1 rings (SSSR count). The first kappa shape index (κ1) is 13.3. The molecule has 0 heterocycles. The molecule has 0 radical (unpaired) electrons. The van der Waals surface area contributed by atoms with Gasteiger partial charge in [-0.3, -0.25) is 0 Å². The molecule has 0 fully saturated rings. The van der Waals surface area contributed by atoms with Crippen molar-refractivity contribution in [3.63, 3.8) is 0 Å². The first-order chi connectivity index (χ1) is 7.90. The topological polar surface area (TPSA) is 81.3 Å². The lowest BCUT2D eigenvalue weighted by Crippen LogP contribution is -2.47. The molecule has 1 atom stereocenters. The normalized spacial score (nSPS) is 11.7. The molecule has 0 bridgehead atoms. The number of carbonyl (C=O) groups excluding carboxylic acids is 2. The van der Waals surface area contributed by atoms with Gasteiger partial charge in [0.1, 0.15) is 0 Å². The van der Waals surface area contributed by atoms with Gasteiger partial charge in [0.05, 0.1) is 12.0 Å². The van der Waals surface area contributed by atoms with Crippen LogP contribution in [-0.2, 0) is 4.79 Å². The van der Waals surface area contributed by atoms with Gasteiger partial charge >= 0.3 is 6.03 Å². The smallest absolute Gasteiger partial charge is 0.319 e. The summed E-state index contributed by atoms with van der Waals surface area (Å²) < 4.78 is 0. The summed E-state index contributed by atoms with van der Waals surface area (Å²) in [7, 11) is 0. The lowest BCUT2D eigenvalue weighted by molar-refractivity contribution is -0.307. The lowest BCUT2D eigenvalue weighted by atomic mass is 10.2. The van der Waals surface area contributed by atoms with Crippen LogP contribution in [0.2, 0.25) is 5.02 Å². The lowest BCUT2D eigenvalue weighted by Gasteiger charge is -2.16. The molecular formula is C11H12ClN2O3-. The second-order valence-electron chi connectivity index (χ2n) is 3.60. The van der Waals surface area contributed by atoms with Gasteiger partial charge < -0.3 is 20.5 Å². The van der Waals surface area contributed by atoms with Gasteiger partial charge in [-0.15, -0.1) is 0 Å². The average molecular weight is 256 g/mol. The molecular weight excluding hydrogens is 244 g/mol. The van der Waals surface area contributed by atoms with E-state index < -0.39 is 18.0 Å². The molecule has 2 amide bonds. The van der Waals surface area contributed by atoms with E-state index in [0.717, 1.165) is 5.56 Å². The number of benzene rings is 1. The third kappa shape index (κ3) is 3.96. The van der Waals surface area contributed by atoms with E-state index in [4.69, 9.17) is 11.6 Å². The molecule has 5 nitrogen and oxygen atoms in total. The van der Waals surface area contributed by atoms with Crippen molar-refractivity contribution in [1.82, 2.24) is 5.32 Å². The van der Waals surface area contributed by atoms with Gasteiger partial charge in [0.15, 0.2) is 0 Å². The first-order valence-electron chi connectivity index (χ1n) is 4.94. The van der Waals surface area contributed by atoms with E-state index in [-0.39, 0.29) is 0 Å². The van der Waals surface area contributed by atoms with Crippen LogP contribution >= 0.6 is 11.6 Å². The Hall–Kier alpha value is -1.75. The second kappa shape index (κ2) is 5.54. The number of carboxylic acids is 1. The molecule has 0 aliphatic carbocycles. The van der Waals surface area contributed by atoms with Gasteiger partial charge in [-0.05, 0) is 31.5 Å². The number of aryl methyl sites for hydroxylation is 1. The van der Waals surface area contributed by atoms with E-state index in [1.807, 2.05) is 0 Å². The number of carbonyl (C=O) groups is 2. The maximum Gasteiger partial charge on any atom is 0.319 e. The van der Waals surface area contributed by atoms with Crippen LogP contribution in [0.4, 0.5) is 10.5 Å². The minimum absolute atomic E-state index is 0.485. The Bertz CT molecular complexity index is 448. The number of carboxylic acid groups (broad SMARTS) is 1. The fourth-order valence-electron chi connectivity index (χ4n) is 1.14. The molecule has 1 aromatic rings. The summed E-state index contributed by atoms with van der Waals surface area (Å²) in [6, 6.07) is 3.35. The summed E-state index contributed by atoms with van der Waals surface area (Å²) in [6.45, 7) is 3.12. The minimum Gasteiger partial charge on any atom is -0.548 e. The van der Waals surface area contributed by atoms with Gasteiger partial charge in [0, 0.05) is 10.7 Å². The van der Waals surface area contributed by atoms with Gasteiger partial charge in [-0.1, -0.05) is 17.7 Å². The summed E-state index contributed by atoms with van der Waals surface area (Å²) in [5.74, 6) is -1.34. The zero-order valence-corrected chi connectivity index (χ0v) is 10.2. The molecule has 0 aromatic heterocycles. The van der Waals surface area contributed by atoms with Crippen LogP contribution < -0.4 is 15.7 Å². The fraction of sp³-hybridized carbons (Fsp3) is 0.273. The summed E-state index contributed by atoms with van der Waals surface area (Å²) in [5.41, 5.74) is 1.35. The van der Waals surface area contributed by atoms with E-state index in [1.165, 1.54) is 6.92 Å². The monoisotopic (exact) mass is 255 g/mol. The number of hydrogen-bond acceptors (Lipinski definition) is 3. The van der Waals surface area contributed by atoms with Crippen molar-refractivity contribution >= 4 is 29.3 Å². The molecule has 1 aromatic carbocycles. The van der Waals surface area contributed by atoms with Crippen molar-refractivity contribution in [2.24, 2.45) is 0 Å². The Labute approximate surface area is 104 Å². The highest BCUT2D eigenvalue weighted by Gasteiger charge is 2.09. The first-order valence-corrected chi connectivity index (χ1v) is 5.32. The Kier molecular flexibility index (Phi) is 4.34. The quantitative estimate of drug-likeness (QED) is 0.842. The number of aliphatic carboxylic acids is 1. The highest BCUT2D eigenvalue weighted by Crippen LogP contribution is 2.19. The molecule has 0 spiro atoms. The van der Waals surface area contributed by atoms with Crippen molar-refractivity contribution in [1.29, 1.82) is 0 Å². The average Bonchev–Trinajstić information content (AvgIpc) is 2.23. The summed E-state index contributed by atoms with van der Waals surface area (Å²) >= 11 is 5.78. The van der Waals surface area contributed by atoms with E-state index in [1.54, 1.807) is 25.1 Å². The predicted molar refractivity (Wildman–Crippen MR) is 62.8 cm³/mol. The van der Waals surface area contributed by atoms with Crippen molar-refractivity contribution < 1.29 is 14.7 Å². The zero-order chi connectivity index (χ0) is 13.0. The van der Waals surface area contributed by atoms with Gasteiger partial charge in [-0.25, -0.2) is 4.79 Å². The number of amides is 2. The Balaban J connectivity index is 2.68. The largest absolute Gasteiger partial charge is 0.548 e. The van der Waals surface area contributed by atoms with Gasteiger partial charge in [-0.2, -0.15) is 0 Å².